The third-order valence-electron chi connectivity index (χ3n) is 6.30. The van der Waals surface area contributed by atoms with Gasteiger partial charge in [-0.15, -0.1) is 0 Å². The van der Waals surface area contributed by atoms with Crippen molar-refractivity contribution in [1.29, 1.82) is 0 Å². The summed E-state index contributed by atoms with van der Waals surface area (Å²) in [5.74, 6) is 0. The Hall–Kier alpha value is -2.70. The van der Waals surface area contributed by atoms with E-state index in [2.05, 4.69) is 5.16 Å². The number of nitrogens with zero attached hydrogens (tertiary/aromatic N) is 3. The predicted molar refractivity (Wildman–Crippen MR) is 122 cm³/mol. The van der Waals surface area contributed by atoms with Gasteiger partial charge in [0.15, 0.2) is 0 Å². The van der Waals surface area contributed by atoms with Crippen molar-refractivity contribution in [3.63, 3.8) is 0 Å². The monoisotopic (exact) mass is 569 g/mol. The SMILES string of the molecule is CN(C)C(=O)N1CC(O)(c2ccc(C3=NOC(c4cc(Cl)c(Cl)c(C(F)(F)F)c4)(C(F)(F)F)C3)cc2)C1. The molecule has 200 valence electrons. The van der Waals surface area contributed by atoms with Crippen molar-refractivity contribution in [3.05, 3.63) is 68.7 Å². The van der Waals surface area contributed by atoms with Crippen LogP contribution >= 0.6 is 23.2 Å². The summed E-state index contributed by atoms with van der Waals surface area (Å²) in [6.45, 7) is 0.0624. The van der Waals surface area contributed by atoms with Gasteiger partial charge in [0, 0.05) is 26.1 Å². The number of urea groups is 1. The van der Waals surface area contributed by atoms with Crippen molar-refractivity contribution in [2.75, 3.05) is 27.2 Å². The molecule has 2 aromatic carbocycles. The standard InChI is InChI=1S/C23H19Cl2F6N3O3/c1-33(2)19(35)34-10-20(36,11-34)13-5-3-12(4-6-13)17-9-21(37-32-17,23(29,30)31)14-7-15(22(26,27)28)18(25)16(24)8-14/h3-8,36H,9-11H2,1-2H3. The summed E-state index contributed by atoms with van der Waals surface area (Å²) in [7, 11) is 3.14. The maximum Gasteiger partial charge on any atom is 0.435 e. The zero-order valence-corrected chi connectivity index (χ0v) is 20.7. The Morgan fingerprint density at radius 2 is 1.65 bits per heavy atom. The molecule has 0 bridgehead atoms. The summed E-state index contributed by atoms with van der Waals surface area (Å²) in [5, 5.41) is 12.7. The van der Waals surface area contributed by atoms with E-state index in [0.29, 0.717) is 11.6 Å². The Balaban J connectivity index is 1.60. The molecular weight excluding hydrogens is 551 g/mol. The number of rotatable bonds is 3. The summed E-state index contributed by atoms with van der Waals surface area (Å²) < 4.78 is 83.0. The molecule has 0 radical (unpaired) electrons. The number of carbonyl (C=O) groups excluding carboxylic acids is 1. The molecule has 6 nitrogen and oxygen atoms in total. The molecule has 1 N–H and O–H groups in total. The quantitative estimate of drug-likeness (QED) is 0.477. The van der Waals surface area contributed by atoms with Gasteiger partial charge in [0.1, 0.15) is 5.60 Å². The smallest absolute Gasteiger partial charge is 0.381 e. The van der Waals surface area contributed by atoms with Crippen LogP contribution in [-0.2, 0) is 22.2 Å². The summed E-state index contributed by atoms with van der Waals surface area (Å²) in [6, 6.07) is 6.44. The number of β-amino-alcohol motifs (C(OH)–C–C–N with tert-alkyl or cyclic N) is 1. The number of aliphatic hydroxyl groups is 1. The highest BCUT2D eigenvalue weighted by Crippen LogP contribution is 2.51. The molecule has 0 aromatic heterocycles. The second kappa shape index (κ2) is 8.95. The van der Waals surface area contributed by atoms with E-state index in [1.807, 2.05) is 0 Å². The molecule has 1 atom stereocenters. The fourth-order valence-corrected chi connectivity index (χ4v) is 4.68. The van der Waals surface area contributed by atoms with Gasteiger partial charge >= 0.3 is 18.4 Å². The van der Waals surface area contributed by atoms with Crippen LogP contribution in [0.4, 0.5) is 31.1 Å². The van der Waals surface area contributed by atoms with Gasteiger partial charge in [0.25, 0.3) is 5.60 Å². The Morgan fingerprint density at radius 3 is 2.16 bits per heavy atom. The van der Waals surface area contributed by atoms with Crippen molar-refractivity contribution in [2.45, 2.75) is 30.0 Å². The molecule has 0 aliphatic carbocycles. The Bertz CT molecular complexity index is 1260. The second-order valence-corrected chi connectivity index (χ2v) is 9.88. The number of oxime groups is 1. The van der Waals surface area contributed by atoms with Crippen molar-refractivity contribution < 1.29 is 41.1 Å². The highest BCUT2D eigenvalue weighted by molar-refractivity contribution is 6.42. The van der Waals surface area contributed by atoms with E-state index in [1.54, 1.807) is 14.1 Å². The van der Waals surface area contributed by atoms with E-state index < -0.39 is 51.1 Å². The molecular formula is C23H19Cl2F6N3O3. The van der Waals surface area contributed by atoms with E-state index in [-0.39, 0.29) is 36.5 Å². The van der Waals surface area contributed by atoms with Gasteiger partial charge in [0.05, 0.1) is 34.4 Å². The maximum atomic E-state index is 14.3. The molecule has 2 aromatic rings. The normalized spacial score (nSPS) is 21.3. The van der Waals surface area contributed by atoms with Crippen LogP contribution in [0.1, 0.15) is 28.7 Å². The number of amides is 2. The number of likely N-dealkylation sites (tertiary alicyclic amines) is 1. The molecule has 2 heterocycles. The van der Waals surface area contributed by atoms with E-state index in [9.17, 15) is 36.2 Å². The molecule has 14 heteroatoms. The molecule has 37 heavy (non-hydrogen) atoms. The van der Waals surface area contributed by atoms with Gasteiger partial charge in [-0.2, -0.15) is 26.3 Å². The van der Waals surface area contributed by atoms with Crippen molar-refractivity contribution in [2.24, 2.45) is 5.16 Å². The molecule has 2 aliphatic rings. The third kappa shape index (κ3) is 4.70. The fourth-order valence-electron chi connectivity index (χ4n) is 4.25. The van der Waals surface area contributed by atoms with Crippen LogP contribution in [0.5, 0.6) is 0 Å². The van der Waals surface area contributed by atoms with E-state index in [4.69, 9.17) is 28.0 Å². The molecule has 4 rings (SSSR count). The predicted octanol–water partition coefficient (Wildman–Crippen LogP) is 5.78. The van der Waals surface area contributed by atoms with Crippen LogP contribution in [0, 0.1) is 0 Å². The lowest BCUT2D eigenvalue weighted by Crippen LogP contribution is -2.63. The molecule has 1 fully saturated rings. The Labute approximate surface area is 217 Å². The van der Waals surface area contributed by atoms with Gasteiger partial charge < -0.3 is 19.7 Å². The summed E-state index contributed by atoms with van der Waals surface area (Å²) in [6.07, 6.45) is -11.2. The average Bonchev–Trinajstić information content (AvgIpc) is 3.24. The summed E-state index contributed by atoms with van der Waals surface area (Å²) >= 11 is 11.4. The van der Waals surface area contributed by atoms with E-state index in [0.717, 1.165) is 0 Å². The van der Waals surface area contributed by atoms with Crippen molar-refractivity contribution in [1.82, 2.24) is 9.80 Å². The highest BCUT2D eigenvalue weighted by atomic mass is 35.5. The first-order valence-corrected chi connectivity index (χ1v) is 11.4. The summed E-state index contributed by atoms with van der Waals surface area (Å²) in [4.78, 5) is 19.6. The zero-order valence-electron chi connectivity index (χ0n) is 19.2. The molecule has 2 amide bonds. The van der Waals surface area contributed by atoms with Crippen LogP contribution in [0.2, 0.25) is 10.0 Å². The Kier molecular flexibility index (Phi) is 6.61. The first-order valence-electron chi connectivity index (χ1n) is 10.7. The largest absolute Gasteiger partial charge is 0.435 e. The molecule has 1 saturated heterocycles. The Morgan fingerprint density at radius 1 is 1.05 bits per heavy atom. The lowest BCUT2D eigenvalue weighted by Gasteiger charge is -2.47. The van der Waals surface area contributed by atoms with Crippen molar-refractivity contribution >= 4 is 34.9 Å². The number of hydrogen-bond donors (Lipinski definition) is 1. The number of halogens is 8. The van der Waals surface area contributed by atoms with Gasteiger partial charge in [-0.25, -0.2) is 4.79 Å². The number of benzene rings is 2. The van der Waals surface area contributed by atoms with Crippen LogP contribution in [0.15, 0.2) is 41.6 Å². The fraction of sp³-hybridized carbons (Fsp3) is 0.391. The van der Waals surface area contributed by atoms with Crippen LogP contribution in [0.25, 0.3) is 0 Å². The third-order valence-corrected chi connectivity index (χ3v) is 7.10. The highest BCUT2D eigenvalue weighted by Gasteiger charge is 2.63. The molecule has 2 aliphatic heterocycles. The van der Waals surface area contributed by atoms with Gasteiger partial charge in [-0.3, -0.25) is 0 Å². The van der Waals surface area contributed by atoms with E-state index >= 15 is 0 Å². The lowest BCUT2D eigenvalue weighted by atomic mass is 9.83. The van der Waals surface area contributed by atoms with Crippen LogP contribution < -0.4 is 0 Å². The van der Waals surface area contributed by atoms with Crippen molar-refractivity contribution in [3.8, 4) is 0 Å². The zero-order chi connectivity index (χ0) is 27.6. The van der Waals surface area contributed by atoms with Crippen LogP contribution in [0.3, 0.4) is 0 Å². The van der Waals surface area contributed by atoms with Gasteiger partial charge in [0.2, 0.25) is 0 Å². The maximum absolute atomic E-state index is 14.3. The molecule has 1 unspecified atom stereocenters. The van der Waals surface area contributed by atoms with Gasteiger partial charge in [-0.1, -0.05) is 52.6 Å². The van der Waals surface area contributed by atoms with Crippen LogP contribution in [-0.4, -0.2) is 60.0 Å². The summed E-state index contributed by atoms with van der Waals surface area (Å²) in [5.41, 5.74) is -6.52. The number of hydrogen-bond acceptors (Lipinski definition) is 4. The number of alkyl halides is 6. The average molecular weight is 570 g/mol. The minimum Gasteiger partial charge on any atom is -0.381 e. The topological polar surface area (TPSA) is 65.4 Å². The minimum atomic E-state index is -5.16. The molecule has 0 spiro atoms. The minimum absolute atomic E-state index is 0.0312. The first kappa shape index (κ1) is 27.3. The lowest BCUT2D eigenvalue weighted by molar-refractivity contribution is -0.276. The second-order valence-electron chi connectivity index (χ2n) is 9.09. The first-order chi connectivity index (χ1) is 17.0. The van der Waals surface area contributed by atoms with E-state index in [1.165, 1.54) is 34.1 Å². The number of carbonyl (C=O) groups is 1. The molecule has 0 saturated carbocycles. The van der Waals surface area contributed by atoms with Gasteiger partial charge in [-0.05, 0) is 23.3 Å².